The minimum atomic E-state index is -1.82. The molecule has 0 aliphatic carbocycles. The Morgan fingerprint density at radius 3 is 2.39 bits per heavy atom. The van der Waals surface area contributed by atoms with Crippen LogP contribution in [0.4, 0.5) is 0 Å². The minimum absolute atomic E-state index is 0.601. The third-order valence-electron chi connectivity index (χ3n) is 3.00. The van der Waals surface area contributed by atoms with Crippen LogP contribution >= 0.6 is 15.9 Å². The summed E-state index contributed by atoms with van der Waals surface area (Å²) in [6.45, 7) is 8.26. The zero-order chi connectivity index (χ0) is 17.8. The quantitative estimate of drug-likeness (QED) is 0.489. The van der Waals surface area contributed by atoms with Gasteiger partial charge in [0.05, 0.1) is 6.61 Å². The van der Waals surface area contributed by atoms with Gasteiger partial charge in [-0.25, -0.2) is 9.59 Å². The van der Waals surface area contributed by atoms with Crippen molar-refractivity contribution in [2.24, 2.45) is 0 Å². The Bertz CT molecular complexity index is 495. The van der Waals surface area contributed by atoms with E-state index in [1.54, 1.807) is 0 Å². The van der Waals surface area contributed by atoms with Gasteiger partial charge in [0, 0.05) is 10.5 Å². The number of benzene rings is 1. The topological polar surface area (TPSA) is 95.9 Å². The number of carbonyl (C=O) groups is 2. The van der Waals surface area contributed by atoms with Gasteiger partial charge in [-0.2, -0.15) is 0 Å². The Hall–Kier alpha value is -1.60. The summed E-state index contributed by atoms with van der Waals surface area (Å²) in [4.78, 5) is 18.2. The first-order valence-electron chi connectivity index (χ1n) is 7.36. The lowest BCUT2D eigenvalue weighted by Crippen LogP contribution is -2.27. The van der Waals surface area contributed by atoms with Gasteiger partial charge < -0.3 is 20.3 Å². The molecule has 1 atom stereocenters. The number of halogens is 1. The molecule has 0 aromatic heterocycles. The highest BCUT2D eigenvalue weighted by Crippen LogP contribution is 2.22. The third-order valence-corrected chi connectivity index (χ3v) is 3.50. The Kier molecular flexibility index (Phi) is 11.1. The maximum Gasteiger partial charge on any atom is 0.414 e. The van der Waals surface area contributed by atoms with Gasteiger partial charge in [-0.05, 0) is 57.0 Å². The average Bonchev–Trinajstić information content (AvgIpc) is 2.49. The van der Waals surface area contributed by atoms with E-state index in [1.165, 1.54) is 12.0 Å². The molecule has 0 heterocycles. The van der Waals surface area contributed by atoms with Crippen LogP contribution in [-0.4, -0.2) is 41.3 Å². The van der Waals surface area contributed by atoms with E-state index in [0.717, 1.165) is 29.8 Å². The zero-order valence-electron chi connectivity index (χ0n) is 13.6. The summed E-state index contributed by atoms with van der Waals surface area (Å²) in [6, 6.07) is 6.71. The average molecular weight is 390 g/mol. The highest BCUT2D eigenvalue weighted by Gasteiger charge is 2.04. The fourth-order valence-electron chi connectivity index (χ4n) is 1.52. The second kappa shape index (κ2) is 11.9. The summed E-state index contributed by atoms with van der Waals surface area (Å²) in [5, 5.41) is 18.2. The molecule has 0 aliphatic heterocycles. The molecule has 23 heavy (non-hydrogen) atoms. The number of aliphatic carboxylic acids is 2. The number of carboxylic acid groups (broad SMARTS) is 2. The Labute approximate surface area is 145 Å². The molecular weight excluding hydrogens is 366 g/mol. The number of hydrogen-bond donors (Lipinski definition) is 3. The molecule has 1 aromatic carbocycles. The molecule has 0 radical (unpaired) electrons. The minimum Gasteiger partial charge on any atom is -0.493 e. The molecule has 0 aliphatic rings. The van der Waals surface area contributed by atoms with Gasteiger partial charge in [0.2, 0.25) is 0 Å². The van der Waals surface area contributed by atoms with Gasteiger partial charge >= 0.3 is 11.9 Å². The fraction of sp³-hybridized carbons (Fsp3) is 0.500. The first-order chi connectivity index (χ1) is 10.8. The Morgan fingerprint density at radius 1 is 1.30 bits per heavy atom. The lowest BCUT2D eigenvalue weighted by Gasteiger charge is -2.12. The van der Waals surface area contributed by atoms with Crippen LogP contribution in [0.3, 0.4) is 0 Å². The number of nitrogens with one attached hydrogen (secondary N) is 1. The highest BCUT2D eigenvalue weighted by atomic mass is 79.9. The number of rotatable bonds is 7. The molecule has 0 saturated carbocycles. The Balaban J connectivity index is 0.000000688. The standard InChI is InChI=1S/C14H22BrNO.C2H2O4/c1-4-12(3)16-8-5-9-17-14-7-6-13(15)10-11(14)2;3-1(4)2(5)6/h6-7,10,12,16H,4-5,8-9H2,1-3H3;(H,3,4)(H,5,6). The first-order valence-corrected chi connectivity index (χ1v) is 8.15. The maximum atomic E-state index is 9.10. The molecular formula is C16H24BrNO5. The summed E-state index contributed by atoms with van der Waals surface area (Å²) < 4.78 is 6.84. The van der Waals surface area contributed by atoms with Crippen molar-refractivity contribution in [3.05, 3.63) is 28.2 Å². The van der Waals surface area contributed by atoms with Gasteiger partial charge in [0.1, 0.15) is 5.75 Å². The number of hydrogen-bond acceptors (Lipinski definition) is 4. The molecule has 1 rings (SSSR count). The summed E-state index contributed by atoms with van der Waals surface area (Å²) >= 11 is 3.45. The number of aryl methyl sites for hydroxylation is 1. The summed E-state index contributed by atoms with van der Waals surface area (Å²) in [5.74, 6) is -2.67. The molecule has 0 bridgehead atoms. The number of carboxylic acids is 2. The smallest absolute Gasteiger partial charge is 0.414 e. The molecule has 1 aromatic rings. The van der Waals surface area contributed by atoms with Crippen molar-refractivity contribution >= 4 is 27.9 Å². The molecule has 0 saturated heterocycles. The van der Waals surface area contributed by atoms with Crippen molar-refractivity contribution in [1.29, 1.82) is 0 Å². The molecule has 1 unspecified atom stereocenters. The van der Waals surface area contributed by atoms with Crippen LogP contribution in [0.25, 0.3) is 0 Å². The van der Waals surface area contributed by atoms with Crippen LogP contribution in [-0.2, 0) is 9.59 Å². The second-order valence-corrected chi connectivity index (χ2v) is 5.90. The van der Waals surface area contributed by atoms with Crippen molar-refractivity contribution in [2.75, 3.05) is 13.2 Å². The first kappa shape index (κ1) is 21.4. The van der Waals surface area contributed by atoms with Gasteiger partial charge in [-0.3, -0.25) is 0 Å². The van der Waals surface area contributed by atoms with E-state index >= 15 is 0 Å². The van der Waals surface area contributed by atoms with E-state index in [0.29, 0.717) is 6.04 Å². The highest BCUT2D eigenvalue weighted by molar-refractivity contribution is 9.10. The van der Waals surface area contributed by atoms with Crippen LogP contribution in [0.2, 0.25) is 0 Å². The van der Waals surface area contributed by atoms with E-state index in [4.69, 9.17) is 24.5 Å². The fourth-order valence-corrected chi connectivity index (χ4v) is 2.00. The van der Waals surface area contributed by atoms with Crippen molar-refractivity contribution < 1.29 is 24.5 Å². The molecule has 6 nitrogen and oxygen atoms in total. The predicted octanol–water partition coefficient (Wildman–Crippen LogP) is 3.07. The van der Waals surface area contributed by atoms with Crippen molar-refractivity contribution in [1.82, 2.24) is 5.32 Å². The third kappa shape index (κ3) is 10.7. The summed E-state index contributed by atoms with van der Waals surface area (Å²) in [6.07, 6.45) is 2.21. The zero-order valence-corrected chi connectivity index (χ0v) is 15.2. The van der Waals surface area contributed by atoms with E-state index in [-0.39, 0.29) is 0 Å². The SMILES string of the molecule is CCC(C)NCCCOc1ccc(Br)cc1C.O=C(O)C(=O)O. The predicted molar refractivity (Wildman–Crippen MR) is 92.0 cm³/mol. The summed E-state index contributed by atoms with van der Waals surface area (Å²) in [7, 11) is 0. The van der Waals surface area contributed by atoms with Gasteiger partial charge in [0.25, 0.3) is 0 Å². The van der Waals surface area contributed by atoms with Crippen LogP contribution in [0.5, 0.6) is 5.75 Å². The Morgan fingerprint density at radius 2 is 1.91 bits per heavy atom. The van der Waals surface area contributed by atoms with E-state index in [9.17, 15) is 0 Å². The van der Waals surface area contributed by atoms with Crippen LogP contribution in [0.1, 0.15) is 32.3 Å². The lowest BCUT2D eigenvalue weighted by atomic mass is 10.2. The van der Waals surface area contributed by atoms with Crippen LogP contribution in [0.15, 0.2) is 22.7 Å². The largest absolute Gasteiger partial charge is 0.493 e. The lowest BCUT2D eigenvalue weighted by molar-refractivity contribution is -0.159. The second-order valence-electron chi connectivity index (χ2n) is 4.99. The molecule has 0 fully saturated rings. The normalized spacial score (nSPS) is 11.1. The van der Waals surface area contributed by atoms with Crippen molar-refractivity contribution in [3.8, 4) is 5.75 Å². The van der Waals surface area contributed by atoms with E-state index in [1.807, 2.05) is 12.1 Å². The van der Waals surface area contributed by atoms with Crippen molar-refractivity contribution in [3.63, 3.8) is 0 Å². The van der Waals surface area contributed by atoms with Crippen LogP contribution in [0, 0.1) is 6.92 Å². The molecule has 7 heteroatoms. The maximum absolute atomic E-state index is 9.10. The van der Waals surface area contributed by atoms with E-state index < -0.39 is 11.9 Å². The van der Waals surface area contributed by atoms with Gasteiger partial charge in [0.15, 0.2) is 0 Å². The van der Waals surface area contributed by atoms with Gasteiger partial charge in [-0.1, -0.05) is 22.9 Å². The van der Waals surface area contributed by atoms with Crippen LogP contribution < -0.4 is 10.1 Å². The van der Waals surface area contributed by atoms with E-state index in [2.05, 4.69) is 48.1 Å². The summed E-state index contributed by atoms with van der Waals surface area (Å²) in [5.41, 5.74) is 1.18. The molecule has 0 amide bonds. The molecule has 130 valence electrons. The monoisotopic (exact) mass is 389 g/mol. The van der Waals surface area contributed by atoms with Crippen molar-refractivity contribution in [2.45, 2.75) is 39.7 Å². The molecule has 3 N–H and O–H groups in total. The van der Waals surface area contributed by atoms with Gasteiger partial charge in [-0.15, -0.1) is 0 Å². The number of ether oxygens (including phenoxy) is 1. The molecule has 0 spiro atoms.